The van der Waals surface area contributed by atoms with Gasteiger partial charge in [0.2, 0.25) is 0 Å². The van der Waals surface area contributed by atoms with Crippen molar-refractivity contribution in [3.63, 3.8) is 0 Å². The average molecular weight is 666 g/mol. The number of piperazine rings is 1. The van der Waals surface area contributed by atoms with Crippen molar-refractivity contribution in [3.05, 3.63) is 38.6 Å². The van der Waals surface area contributed by atoms with Crippen LogP contribution in [0.2, 0.25) is 10.0 Å². The summed E-state index contributed by atoms with van der Waals surface area (Å²) < 4.78 is 10.9. The third-order valence-corrected chi connectivity index (χ3v) is 9.93. The van der Waals surface area contributed by atoms with Gasteiger partial charge in [0.05, 0.1) is 29.3 Å². The predicted molar refractivity (Wildman–Crippen MR) is 172 cm³/mol. The van der Waals surface area contributed by atoms with Gasteiger partial charge in [-0.05, 0) is 25.3 Å². The lowest BCUT2D eigenvalue weighted by molar-refractivity contribution is 0.0540. The number of esters is 1. The Labute approximate surface area is 271 Å². The van der Waals surface area contributed by atoms with Crippen molar-refractivity contribution in [2.75, 3.05) is 69.8 Å². The van der Waals surface area contributed by atoms with Crippen LogP contribution in [0.4, 0.5) is 10.9 Å². The molecule has 44 heavy (non-hydrogen) atoms. The number of nitrogens with one attached hydrogen (secondary N) is 2. The number of aryl methyl sites for hydroxylation is 1. The molecule has 12 nitrogen and oxygen atoms in total. The fourth-order valence-electron chi connectivity index (χ4n) is 5.60. The normalized spacial score (nSPS) is 19.5. The topological polar surface area (TPSA) is 129 Å². The number of aromatic nitrogens is 4. The van der Waals surface area contributed by atoms with Crippen molar-refractivity contribution < 1.29 is 19.1 Å². The van der Waals surface area contributed by atoms with Crippen LogP contribution in [0.15, 0.2) is 12.3 Å². The van der Waals surface area contributed by atoms with E-state index in [-0.39, 0.29) is 28.8 Å². The molecule has 2 fully saturated rings. The van der Waals surface area contributed by atoms with Gasteiger partial charge in [0.1, 0.15) is 22.1 Å². The number of amides is 1. The second kappa shape index (κ2) is 14.0. The lowest BCUT2D eigenvalue weighted by atomic mass is 10.0. The molecule has 0 bridgehead atoms. The summed E-state index contributed by atoms with van der Waals surface area (Å²) in [5.74, 6) is 0.950. The Morgan fingerprint density at radius 2 is 1.86 bits per heavy atom. The van der Waals surface area contributed by atoms with Crippen molar-refractivity contribution >= 4 is 57.4 Å². The molecule has 3 aromatic heterocycles. The second-order valence-corrected chi connectivity index (χ2v) is 13.2. The Balaban J connectivity index is 1.32. The van der Waals surface area contributed by atoms with Crippen molar-refractivity contribution in [1.82, 2.24) is 30.2 Å². The van der Waals surface area contributed by atoms with E-state index < -0.39 is 5.97 Å². The molecule has 1 amide bonds. The Hall–Kier alpha value is -2.97. The van der Waals surface area contributed by atoms with Gasteiger partial charge in [0.15, 0.2) is 11.0 Å². The Bertz CT molecular complexity index is 1490. The van der Waals surface area contributed by atoms with E-state index in [0.717, 1.165) is 38.5 Å². The van der Waals surface area contributed by atoms with Gasteiger partial charge in [-0.15, -0.1) is 0 Å². The zero-order valence-electron chi connectivity index (χ0n) is 25.5. The number of hydrogen-bond acceptors (Lipinski definition) is 11. The number of anilines is 2. The summed E-state index contributed by atoms with van der Waals surface area (Å²) in [6.45, 7) is 12.0. The standard InChI is InChI=1S/C29H38Cl2N8O4S/c1-16(2)14-37-10-12-38(13-11-37)20-6-8-32-26(35-20)24-25(28(41)43-5)44-29(36-24)39-9-7-18(19(15-39)42-4)34-27(40)23-22(31)21(30)17(3)33-23/h6,8,16,18-19,33H,7,9-15H2,1-5H3,(H,34,40)/t18-,19+/m1/s1. The molecule has 0 saturated carbocycles. The zero-order valence-corrected chi connectivity index (χ0v) is 27.9. The highest BCUT2D eigenvalue weighted by molar-refractivity contribution is 7.17. The minimum absolute atomic E-state index is 0.193. The number of ether oxygens (including phenoxy) is 2. The molecule has 2 atom stereocenters. The van der Waals surface area contributed by atoms with Gasteiger partial charge in [-0.3, -0.25) is 9.69 Å². The van der Waals surface area contributed by atoms with E-state index in [1.807, 2.05) is 11.0 Å². The highest BCUT2D eigenvalue weighted by Gasteiger charge is 2.34. The van der Waals surface area contributed by atoms with Crippen LogP contribution in [0, 0.1) is 12.8 Å². The predicted octanol–water partition coefficient (Wildman–Crippen LogP) is 4.13. The van der Waals surface area contributed by atoms with Crippen LogP contribution in [0.3, 0.4) is 0 Å². The van der Waals surface area contributed by atoms with E-state index in [1.54, 1.807) is 20.2 Å². The number of hydrogen-bond donors (Lipinski definition) is 2. The van der Waals surface area contributed by atoms with E-state index in [9.17, 15) is 9.59 Å². The van der Waals surface area contributed by atoms with Crippen LogP contribution in [0.25, 0.3) is 11.5 Å². The molecular formula is C29H38Cl2N8O4S. The summed E-state index contributed by atoms with van der Waals surface area (Å²) in [4.78, 5) is 50.0. The molecule has 2 N–H and O–H groups in total. The minimum atomic E-state index is -0.498. The first kappa shape index (κ1) is 32.4. The van der Waals surface area contributed by atoms with Gasteiger partial charge in [-0.2, -0.15) is 0 Å². The van der Waals surface area contributed by atoms with Crippen LogP contribution in [-0.2, 0) is 9.47 Å². The molecule has 0 spiro atoms. The summed E-state index contributed by atoms with van der Waals surface area (Å²) in [5, 5.41) is 4.17. The van der Waals surface area contributed by atoms with E-state index in [2.05, 4.69) is 38.9 Å². The fourth-order valence-corrected chi connectivity index (χ4v) is 7.04. The first-order chi connectivity index (χ1) is 21.1. The minimum Gasteiger partial charge on any atom is -0.465 e. The monoisotopic (exact) mass is 664 g/mol. The summed E-state index contributed by atoms with van der Waals surface area (Å²) in [6, 6.07) is 1.62. The van der Waals surface area contributed by atoms with Crippen LogP contribution >= 0.6 is 34.5 Å². The van der Waals surface area contributed by atoms with Gasteiger partial charge in [-0.1, -0.05) is 48.4 Å². The lowest BCUT2D eigenvalue weighted by Crippen LogP contribution is -2.55. The number of H-pyrrole nitrogens is 1. The largest absolute Gasteiger partial charge is 0.465 e. The van der Waals surface area contributed by atoms with E-state index in [0.29, 0.717) is 57.7 Å². The van der Waals surface area contributed by atoms with E-state index >= 15 is 0 Å². The van der Waals surface area contributed by atoms with Crippen molar-refractivity contribution in [2.24, 2.45) is 5.92 Å². The number of rotatable bonds is 9. The number of thiazole rings is 1. The van der Waals surface area contributed by atoms with Crippen molar-refractivity contribution in [1.29, 1.82) is 0 Å². The Morgan fingerprint density at radius 3 is 2.50 bits per heavy atom. The number of methoxy groups -OCH3 is 2. The van der Waals surface area contributed by atoms with Crippen molar-refractivity contribution in [2.45, 2.75) is 39.3 Å². The summed E-state index contributed by atoms with van der Waals surface area (Å²) in [5.41, 5.74) is 1.23. The molecular weight excluding hydrogens is 627 g/mol. The lowest BCUT2D eigenvalue weighted by Gasteiger charge is -2.37. The molecule has 0 aliphatic carbocycles. The Morgan fingerprint density at radius 1 is 1.11 bits per heavy atom. The van der Waals surface area contributed by atoms with Gasteiger partial charge in [0.25, 0.3) is 5.91 Å². The number of nitrogens with zero attached hydrogens (tertiary/aromatic N) is 6. The maximum absolute atomic E-state index is 13.0. The van der Waals surface area contributed by atoms with Gasteiger partial charge in [-0.25, -0.2) is 19.7 Å². The number of halogens is 2. The first-order valence-corrected chi connectivity index (χ1v) is 16.2. The van der Waals surface area contributed by atoms with E-state index in [1.165, 1.54) is 18.4 Å². The zero-order chi connectivity index (χ0) is 31.5. The average Bonchev–Trinajstić information content (AvgIpc) is 3.58. The smallest absolute Gasteiger partial charge is 0.350 e. The van der Waals surface area contributed by atoms with Gasteiger partial charge < -0.3 is 29.6 Å². The summed E-state index contributed by atoms with van der Waals surface area (Å²) >= 11 is 13.7. The number of piperidine rings is 1. The van der Waals surface area contributed by atoms with Crippen LogP contribution in [-0.4, -0.2) is 109 Å². The number of carbonyl (C=O) groups excluding carboxylic acids is 2. The second-order valence-electron chi connectivity index (χ2n) is 11.4. The van der Waals surface area contributed by atoms with E-state index in [4.69, 9.17) is 42.6 Å². The highest BCUT2D eigenvalue weighted by atomic mass is 35.5. The number of aromatic amines is 1. The molecule has 0 aromatic carbocycles. The molecule has 15 heteroatoms. The molecule has 5 rings (SSSR count). The van der Waals surface area contributed by atoms with Gasteiger partial charge in [0, 0.05) is 64.8 Å². The molecule has 2 saturated heterocycles. The molecule has 0 unspecified atom stereocenters. The third kappa shape index (κ3) is 6.96. The van der Waals surface area contributed by atoms with Gasteiger partial charge >= 0.3 is 5.97 Å². The van der Waals surface area contributed by atoms with Crippen LogP contribution < -0.4 is 15.1 Å². The van der Waals surface area contributed by atoms with Crippen molar-refractivity contribution in [3.8, 4) is 11.5 Å². The SMILES string of the molecule is COC(=O)c1sc(N2CC[C@@H](NC(=O)c3[nH]c(C)c(Cl)c3Cl)[C@@H](OC)C2)nc1-c1nccc(N2CCN(CC(C)C)CC2)n1. The quantitative estimate of drug-likeness (QED) is 0.322. The van der Waals surface area contributed by atoms with Crippen LogP contribution in [0.5, 0.6) is 0 Å². The molecule has 3 aromatic rings. The highest BCUT2D eigenvalue weighted by Crippen LogP contribution is 2.35. The molecule has 5 heterocycles. The molecule has 2 aliphatic rings. The summed E-state index contributed by atoms with van der Waals surface area (Å²) in [6.07, 6.45) is 1.94. The molecule has 238 valence electrons. The Kier molecular flexibility index (Phi) is 10.3. The third-order valence-electron chi connectivity index (χ3n) is 7.89. The van der Waals surface area contributed by atoms with Crippen LogP contribution in [0.1, 0.15) is 46.1 Å². The first-order valence-electron chi connectivity index (χ1n) is 14.6. The number of carbonyl (C=O) groups is 2. The fraction of sp³-hybridized carbons (Fsp3) is 0.552. The summed E-state index contributed by atoms with van der Waals surface area (Å²) in [7, 11) is 2.95. The molecule has 0 radical (unpaired) electrons. The maximum atomic E-state index is 13.0. The molecule has 2 aliphatic heterocycles. The maximum Gasteiger partial charge on any atom is 0.350 e.